The maximum Gasteiger partial charge on any atom is 0.304 e. The monoisotopic (exact) mass is 332 g/mol. The summed E-state index contributed by atoms with van der Waals surface area (Å²) in [6.07, 6.45) is -6.39. The number of hydrogen-bond acceptors (Lipinski definition) is 10. The lowest BCUT2D eigenvalue weighted by Crippen LogP contribution is -2.46. The molecule has 0 aliphatic heterocycles. The molecule has 22 heavy (non-hydrogen) atoms. The molecule has 0 aliphatic carbocycles. The van der Waals surface area contributed by atoms with Crippen molar-refractivity contribution in [1.82, 2.24) is 0 Å². The van der Waals surface area contributed by atoms with Crippen LogP contribution in [0.3, 0.4) is 0 Å². The third-order valence-corrected chi connectivity index (χ3v) is 1.78. The van der Waals surface area contributed by atoms with Crippen molar-refractivity contribution in [3.8, 4) is 0 Å². The van der Waals surface area contributed by atoms with Gasteiger partial charge < -0.3 is 45.6 Å². The molecule has 0 saturated heterocycles. The Morgan fingerprint density at radius 2 is 1.14 bits per heavy atom. The van der Waals surface area contributed by atoms with E-state index in [-0.39, 0.29) is 0 Å². The second-order valence-electron chi connectivity index (χ2n) is 3.77. The van der Waals surface area contributed by atoms with E-state index in [0.717, 1.165) is 6.92 Å². The van der Waals surface area contributed by atoms with Crippen LogP contribution in [-0.4, -0.2) is 97.2 Å². The largest absolute Gasteiger partial charge is 0.481 e. The minimum Gasteiger partial charge on any atom is -0.481 e. The van der Waals surface area contributed by atoms with Crippen molar-refractivity contribution in [2.24, 2.45) is 0 Å². The molecule has 134 valence electrons. The van der Waals surface area contributed by atoms with Crippen LogP contribution in [0.25, 0.3) is 0 Å². The van der Waals surface area contributed by atoms with Crippen LogP contribution in [-0.2, 0) is 14.3 Å². The van der Waals surface area contributed by atoms with Gasteiger partial charge in [-0.05, 0) is 0 Å². The van der Waals surface area contributed by atoms with Crippen molar-refractivity contribution >= 4 is 11.9 Å². The topological polar surface area (TPSA) is 205 Å². The van der Waals surface area contributed by atoms with Crippen LogP contribution in [0.5, 0.6) is 0 Å². The van der Waals surface area contributed by atoms with Gasteiger partial charge >= 0.3 is 5.97 Å². The van der Waals surface area contributed by atoms with Crippen LogP contribution < -0.4 is 0 Å². The number of aliphatic hydroxyl groups is 7. The number of carboxylic acids is 1. The summed E-state index contributed by atoms with van der Waals surface area (Å²) in [5.41, 5.74) is 0. The molecular weight excluding hydrogens is 308 g/mol. The van der Waals surface area contributed by atoms with Gasteiger partial charge in [-0.25, -0.2) is 0 Å². The van der Waals surface area contributed by atoms with Gasteiger partial charge in [-0.1, -0.05) is 0 Å². The van der Waals surface area contributed by atoms with Crippen LogP contribution in [0.1, 0.15) is 13.8 Å². The van der Waals surface area contributed by atoms with Crippen LogP contribution in [0.15, 0.2) is 0 Å². The van der Waals surface area contributed by atoms with Crippen LogP contribution in [0.4, 0.5) is 0 Å². The van der Waals surface area contributed by atoms with Gasteiger partial charge in [0, 0.05) is 13.8 Å². The van der Waals surface area contributed by atoms with E-state index in [1.807, 2.05) is 0 Å². The van der Waals surface area contributed by atoms with Gasteiger partial charge in [0.1, 0.15) is 24.4 Å². The molecule has 0 aromatic heterocycles. The summed E-state index contributed by atoms with van der Waals surface area (Å²) in [5.74, 6) is -1.29. The Balaban J connectivity index is -0.000000300. The molecule has 0 fully saturated rings. The van der Waals surface area contributed by atoms with Gasteiger partial charge in [0.2, 0.25) is 0 Å². The highest BCUT2D eigenvalue weighted by Crippen LogP contribution is 2.03. The Morgan fingerprint density at radius 1 is 0.864 bits per heavy atom. The standard InChI is InChI=1S/C6H14O6.C3H6O3.C2H4O2/c7-1-3(9)5(11)6(12)4(10)2-8;1-3(5)6-2-4;1-2(3)4/h3-12H,1-2H2;4H,2H2,1H3;1H3,(H,3,4). The molecule has 11 heteroatoms. The molecule has 0 saturated carbocycles. The zero-order valence-corrected chi connectivity index (χ0v) is 12.2. The summed E-state index contributed by atoms with van der Waals surface area (Å²) >= 11 is 0. The molecule has 0 bridgehead atoms. The molecule has 4 unspecified atom stereocenters. The van der Waals surface area contributed by atoms with E-state index in [0.29, 0.717) is 0 Å². The summed E-state index contributed by atoms with van der Waals surface area (Å²) in [7, 11) is 0. The Bertz CT molecular complexity index is 265. The van der Waals surface area contributed by atoms with Crippen LogP contribution in [0, 0.1) is 0 Å². The molecular formula is C11H24O11. The summed E-state index contributed by atoms with van der Waals surface area (Å²) in [5, 5.41) is 67.4. The first-order valence-corrected chi connectivity index (χ1v) is 5.92. The highest BCUT2D eigenvalue weighted by atomic mass is 16.6. The Hall–Kier alpha value is -1.34. The summed E-state index contributed by atoms with van der Waals surface area (Å²) in [6, 6.07) is 0. The predicted molar refractivity (Wildman–Crippen MR) is 70.4 cm³/mol. The average Bonchev–Trinajstić information content (AvgIpc) is 2.43. The fourth-order valence-corrected chi connectivity index (χ4v) is 0.762. The lowest BCUT2D eigenvalue weighted by Gasteiger charge is -2.24. The number of rotatable bonds is 6. The summed E-state index contributed by atoms with van der Waals surface area (Å²) in [4.78, 5) is 18.7. The minimum atomic E-state index is -1.67. The SMILES string of the molecule is CC(=O)O.CC(=O)OCO.OCC(O)C(O)C(O)C(O)CO. The maximum atomic E-state index is 9.66. The lowest BCUT2D eigenvalue weighted by molar-refractivity contribution is -0.148. The third-order valence-electron chi connectivity index (χ3n) is 1.78. The van der Waals surface area contributed by atoms with Gasteiger partial charge in [-0.2, -0.15) is 0 Å². The van der Waals surface area contributed by atoms with Crippen molar-refractivity contribution in [2.45, 2.75) is 38.3 Å². The first-order valence-electron chi connectivity index (χ1n) is 5.92. The molecule has 4 atom stereocenters. The van der Waals surface area contributed by atoms with Crippen molar-refractivity contribution in [2.75, 3.05) is 20.0 Å². The van der Waals surface area contributed by atoms with Crippen molar-refractivity contribution < 1.29 is 55.2 Å². The fraction of sp³-hybridized carbons (Fsp3) is 0.818. The van der Waals surface area contributed by atoms with Gasteiger partial charge in [0.05, 0.1) is 13.2 Å². The van der Waals surface area contributed by atoms with E-state index in [4.69, 9.17) is 45.6 Å². The molecule has 0 radical (unpaired) electrons. The molecule has 0 spiro atoms. The Labute approximate surface area is 126 Å². The molecule has 11 nitrogen and oxygen atoms in total. The highest BCUT2D eigenvalue weighted by Gasteiger charge is 2.29. The number of carbonyl (C=O) groups is 2. The van der Waals surface area contributed by atoms with Gasteiger partial charge in [-0.15, -0.1) is 0 Å². The van der Waals surface area contributed by atoms with E-state index >= 15 is 0 Å². The van der Waals surface area contributed by atoms with Gasteiger partial charge in [0.25, 0.3) is 5.97 Å². The van der Waals surface area contributed by atoms with E-state index in [1.54, 1.807) is 0 Å². The molecule has 0 aromatic carbocycles. The lowest BCUT2D eigenvalue weighted by atomic mass is 10.0. The smallest absolute Gasteiger partial charge is 0.304 e. The van der Waals surface area contributed by atoms with Crippen LogP contribution >= 0.6 is 0 Å². The zero-order chi connectivity index (χ0) is 18.3. The molecule has 0 amide bonds. The van der Waals surface area contributed by atoms with Crippen LogP contribution in [0.2, 0.25) is 0 Å². The summed E-state index contributed by atoms with van der Waals surface area (Å²) in [6.45, 7) is 0.346. The molecule has 0 aliphatic rings. The van der Waals surface area contributed by atoms with Crippen molar-refractivity contribution in [1.29, 1.82) is 0 Å². The van der Waals surface area contributed by atoms with Crippen molar-refractivity contribution in [3.63, 3.8) is 0 Å². The number of aliphatic carboxylic acids is 1. The van der Waals surface area contributed by atoms with Gasteiger partial charge in [-0.3, -0.25) is 9.59 Å². The van der Waals surface area contributed by atoms with E-state index in [1.165, 1.54) is 6.92 Å². The average molecular weight is 332 g/mol. The first kappa shape index (κ1) is 25.6. The van der Waals surface area contributed by atoms with E-state index in [9.17, 15) is 4.79 Å². The summed E-state index contributed by atoms with van der Waals surface area (Å²) < 4.78 is 3.96. The van der Waals surface area contributed by atoms with E-state index < -0.39 is 56.4 Å². The van der Waals surface area contributed by atoms with Crippen molar-refractivity contribution in [3.05, 3.63) is 0 Å². The number of hydrogen-bond donors (Lipinski definition) is 8. The Morgan fingerprint density at radius 3 is 1.23 bits per heavy atom. The third kappa shape index (κ3) is 18.7. The van der Waals surface area contributed by atoms with Gasteiger partial charge in [0.15, 0.2) is 6.79 Å². The zero-order valence-electron chi connectivity index (χ0n) is 12.2. The predicted octanol–water partition coefficient (Wildman–Crippen LogP) is -4.00. The maximum absolute atomic E-state index is 9.66. The number of ether oxygens (including phenoxy) is 1. The normalized spacial score (nSPS) is 15.0. The molecule has 0 rings (SSSR count). The minimum absolute atomic E-state index is 0.461. The highest BCUT2D eigenvalue weighted by molar-refractivity contribution is 5.65. The number of esters is 1. The van der Waals surface area contributed by atoms with E-state index in [2.05, 4.69) is 4.74 Å². The molecule has 8 N–H and O–H groups in total. The quantitative estimate of drug-likeness (QED) is 0.174. The number of aliphatic hydroxyl groups excluding tert-OH is 7. The second kappa shape index (κ2) is 16.0. The molecule has 0 aromatic rings. The fourth-order valence-electron chi connectivity index (χ4n) is 0.762. The number of carbonyl (C=O) groups excluding carboxylic acids is 1. The first-order chi connectivity index (χ1) is 10.0. The molecule has 0 heterocycles. The second-order valence-corrected chi connectivity index (χ2v) is 3.77. The number of carboxylic acid groups (broad SMARTS) is 1. The Kier molecular flexibility index (Phi) is 18.7.